The molecular formula is C24H22F3N3O3. The van der Waals surface area contributed by atoms with Crippen LogP contribution in [0.3, 0.4) is 0 Å². The fourth-order valence-corrected chi connectivity index (χ4v) is 3.87. The Bertz CT molecular complexity index is 1170. The first-order valence-electron chi connectivity index (χ1n) is 10.4. The summed E-state index contributed by atoms with van der Waals surface area (Å²) in [6.45, 7) is 0.584. The van der Waals surface area contributed by atoms with E-state index in [2.05, 4.69) is 5.32 Å². The monoisotopic (exact) mass is 457 g/mol. The number of hydrogen-bond donors (Lipinski definition) is 1. The van der Waals surface area contributed by atoms with Crippen molar-refractivity contribution < 1.29 is 27.5 Å². The van der Waals surface area contributed by atoms with Gasteiger partial charge in [-0.2, -0.15) is 13.2 Å². The molecule has 33 heavy (non-hydrogen) atoms. The average Bonchev–Trinajstić information content (AvgIpc) is 2.82. The van der Waals surface area contributed by atoms with Crippen LogP contribution in [0, 0.1) is 0 Å². The van der Waals surface area contributed by atoms with Gasteiger partial charge in [0.1, 0.15) is 5.75 Å². The van der Waals surface area contributed by atoms with Gasteiger partial charge in [-0.25, -0.2) is 0 Å². The number of alkyl halides is 3. The van der Waals surface area contributed by atoms with Crippen LogP contribution in [0.15, 0.2) is 60.7 Å². The van der Waals surface area contributed by atoms with E-state index in [-0.39, 0.29) is 19.0 Å². The molecule has 0 aromatic heterocycles. The van der Waals surface area contributed by atoms with E-state index in [0.717, 1.165) is 21.4 Å². The molecule has 2 amide bonds. The minimum Gasteiger partial charge on any atom is -0.496 e. The van der Waals surface area contributed by atoms with Crippen molar-refractivity contribution in [3.05, 3.63) is 66.2 Å². The molecule has 0 unspecified atom stereocenters. The molecule has 0 spiro atoms. The molecule has 0 saturated carbocycles. The zero-order valence-corrected chi connectivity index (χ0v) is 17.9. The Hall–Kier alpha value is -3.75. The quantitative estimate of drug-likeness (QED) is 0.634. The molecule has 1 aliphatic heterocycles. The van der Waals surface area contributed by atoms with Crippen molar-refractivity contribution in [3.8, 4) is 5.75 Å². The fraction of sp³-hybridized carbons (Fsp3) is 0.250. The number of rotatable bonds is 4. The van der Waals surface area contributed by atoms with Gasteiger partial charge in [0.25, 0.3) is 5.91 Å². The van der Waals surface area contributed by atoms with Gasteiger partial charge < -0.3 is 19.9 Å². The largest absolute Gasteiger partial charge is 0.496 e. The minimum absolute atomic E-state index is 0.00140. The number of halogens is 3. The van der Waals surface area contributed by atoms with Crippen LogP contribution in [0.1, 0.15) is 10.4 Å². The van der Waals surface area contributed by atoms with Crippen LogP contribution in [-0.2, 0) is 4.79 Å². The van der Waals surface area contributed by atoms with Gasteiger partial charge in [0.05, 0.1) is 12.7 Å². The number of anilines is 2. The maximum atomic E-state index is 12.9. The van der Waals surface area contributed by atoms with Crippen LogP contribution in [0.4, 0.5) is 24.5 Å². The zero-order valence-electron chi connectivity index (χ0n) is 17.9. The van der Waals surface area contributed by atoms with Crippen LogP contribution in [-0.4, -0.2) is 56.2 Å². The number of methoxy groups -OCH3 is 1. The highest BCUT2D eigenvalue weighted by molar-refractivity contribution is 6.08. The number of benzene rings is 3. The van der Waals surface area contributed by atoms with Gasteiger partial charge in [-0.1, -0.05) is 24.3 Å². The van der Waals surface area contributed by atoms with E-state index in [9.17, 15) is 22.8 Å². The molecule has 1 saturated heterocycles. The lowest BCUT2D eigenvalue weighted by atomic mass is 10.1. The molecule has 0 bridgehead atoms. The van der Waals surface area contributed by atoms with E-state index in [1.165, 1.54) is 7.11 Å². The molecule has 3 aromatic rings. The normalized spacial score (nSPS) is 14.3. The molecule has 0 radical (unpaired) electrons. The summed E-state index contributed by atoms with van der Waals surface area (Å²) in [6.07, 6.45) is -4.85. The van der Waals surface area contributed by atoms with E-state index in [0.29, 0.717) is 30.1 Å². The van der Waals surface area contributed by atoms with E-state index < -0.39 is 12.1 Å². The number of hydrogen-bond acceptors (Lipinski definition) is 4. The van der Waals surface area contributed by atoms with Crippen LogP contribution in [0.2, 0.25) is 0 Å². The van der Waals surface area contributed by atoms with Gasteiger partial charge in [0.2, 0.25) is 0 Å². The molecule has 0 atom stereocenters. The molecule has 0 aliphatic carbocycles. The van der Waals surface area contributed by atoms with Crippen LogP contribution >= 0.6 is 0 Å². The van der Waals surface area contributed by atoms with Crippen LogP contribution < -0.4 is 15.0 Å². The molecule has 6 nitrogen and oxygen atoms in total. The summed E-state index contributed by atoms with van der Waals surface area (Å²) in [5.74, 6) is -1.65. The van der Waals surface area contributed by atoms with E-state index >= 15 is 0 Å². The topological polar surface area (TPSA) is 61.9 Å². The highest BCUT2D eigenvalue weighted by atomic mass is 19.4. The Kier molecular flexibility index (Phi) is 6.13. The number of carbonyl (C=O) groups is 2. The maximum Gasteiger partial charge on any atom is 0.471 e. The third-order valence-electron chi connectivity index (χ3n) is 5.61. The summed E-state index contributed by atoms with van der Waals surface area (Å²) < 4.78 is 43.2. The lowest BCUT2D eigenvalue weighted by molar-refractivity contribution is -0.185. The van der Waals surface area contributed by atoms with Gasteiger partial charge in [0.15, 0.2) is 0 Å². The zero-order chi connectivity index (χ0) is 23.6. The number of nitrogens with one attached hydrogen (secondary N) is 1. The SMILES string of the molecule is COc1cc2ccccc2cc1C(=O)Nc1ccc(N2CCN(C(=O)C(F)(F)F)CC2)cc1. The smallest absolute Gasteiger partial charge is 0.471 e. The van der Waals surface area contributed by atoms with Gasteiger partial charge in [-0.05, 0) is 47.2 Å². The van der Waals surface area contributed by atoms with Crippen molar-refractivity contribution in [1.82, 2.24) is 4.90 Å². The predicted octanol–water partition coefficient (Wildman–Crippen LogP) is 4.31. The first kappa shape index (κ1) is 22.4. The summed E-state index contributed by atoms with van der Waals surface area (Å²) in [5.41, 5.74) is 1.78. The number of carbonyl (C=O) groups excluding carboxylic acids is 2. The number of ether oxygens (including phenoxy) is 1. The number of fused-ring (bicyclic) bond motifs is 1. The van der Waals surface area contributed by atoms with Crippen LogP contribution in [0.25, 0.3) is 10.8 Å². The first-order valence-corrected chi connectivity index (χ1v) is 10.4. The third-order valence-corrected chi connectivity index (χ3v) is 5.61. The Morgan fingerprint density at radius 1 is 0.909 bits per heavy atom. The van der Waals surface area contributed by atoms with Crippen molar-refractivity contribution in [2.75, 3.05) is 43.5 Å². The minimum atomic E-state index is -4.85. The third kappa shape index (κ3) is 4.87. The highest BCUT2D eigenvalue weighted by Gasteiger charge is 2.43. The van der Waals surface area contributed by atoms with Crippen molar-refractivity contribution in [2.24, 2.45) is 0 Å². The number of nitrogens with zero attached hydrogens (tertiary/aromatic N) is 2. The van der Waals surface area contributed by atoms with Crippen molar-refractivity contribution >= 4 is 34.0 Å². The summed E-state index contributed by atoms with van der Waals surface area (Å²) in [4.78, 5) is 27.0. The van der Waals surface area contributed by atoms with Gasteiger partial charge in [0, 0.05) is 37.6 Å². The number of amides is 2. The fourth-order valence-electron chi connectivity index (χ4n) is 3.87. The lowest BCUT2D eigenvalue weighted by Gasteiger charge is -2.36. The molecule has 4 rings (SSSR count). The molecule has 1 aliphatic rings. The molecule has 9 heteroatoms. The Balaban J connectivity index is 1.42. The molecular weight excluding hydrogens is 435 g/mol. The number of piperazine rings is 1. The first-order chi connectivity index (χ1) is 15.8. The lowest BCUT2D eigenvalue weighted by Crippen LogP contribution is -2.52. The summed E-state index contributed by atoms with van der Waals surface area (Å²) >= 11 is 0. The summed E-state index contributed by atoms with van der Waals surface area (Å²) in [5, 5.41) is 4.73. The van der Waals surface area contributed by atoms with Gasteiger partial charge in [-0.15, -0.1) is 0 Å². The van der Waals surface area contributed by atoms with E-state index in [1.807, 2.05) is 35.2 Å². The predicted molar refractivity (Wildman–Crippen MR) is 120 cm³/mol. The Labute approximate surface area is 188 Å². The Morgan fingerprint density at radius 2 is 1.52 bits per heavy atom. The van der Waals surface area contributed by atoms with E-state index in [4.69, 9.17) is 4.74 Å². The second-order valence-electron chi connectivity index (χ2n) is 7.68. The molecule has 1 N–H and O–H groups in total. The molecule has 172 valence electrons. The van der Waals surface area contributed by atoms with Crippen molar-refractivity contribution in [2.45, 2.75) is 6.18 Å². The highest BCUT2D eigenvalue weighted by Crippen LogP contribution is 2.28. The molecule has 1 fully saturated rings. The summed E-state index contributed by atoms with van der Waals surface area (Å²) in [7, 11) is 1.51. The summed E-state index contributed by atoms with van der Waals surface area (Å²) in [6, 6.07) is 18.3. The molecule has 3 aromatic carbocycles. The average molecular weight is 457 g/mol. The Morgan fingerprint density at radius 3 is 2.09 bits per heavy atom. The second-order valence-corrected chi connectivity index (χ2v) is 7.68. The standard InChI is InChI=1S/C24H22F3N3O3/c1-33-21-15-17-5-3-2-4-16(17)14-20(21)22(31)28-18-6-8-19(9-7-18)29-10-12-30(13-11-29)23(32)24(25,26)27/h2-9,14-15H,10-13H2,1H3,(H,28,31). The van der Waals surface area contributed by atoms with Gasteiger partial charge in [-0.3, -0.25) is 9.59 Å². The van der Waals surface area contributed by atoms with Crippen LogP contribution in [0.5, 0.6) is 5.75 Å². The maximum absolute atomic E-state index is 12.9. The van der Waals surface area contributed by atoms with Crippen molar-refractivity contribution in [1.29, 1.82) is 0 Å². The van der Waals surface area contributed by atoms with E-state index in [1.54, 1.807) is 30.3 Å². The molecule has 1 heterocycles. The van der Waals surface area contributed by atoms with Gasteiger partial charge >= 0.3 is 12.1 Å². The second kappa shape index (κ2) is 9.01. The van der Waals surface area contributed by atoms with Crippen molar-refractivity contribution in [3.63, 3.8) is 0 Å².